The van der Waals surface area contributed by atoms with Gasteiger partial charge in [0.1, 0.15) is 5.75 Å². The second kappa shape index (κ2) is 10.00. The van der Waals surface area contributed by atoms with Crippen LogP contribution < -0.4 is 15.4 Å². The van der Waals surface area contributed by atoms with E-state index >= 15 is 0 Å². The first-order valence-electron chi connectivity index (χ1n) is 9.18. The Kier molecular flexibility index (Phi) is 8.00. The molecular weight excluding hydrogens is 338 g/mol. The summed E-state index contributed by atoms with van der Waals surface area (Å²) in [5.41, 5.74) is 1.06. The van der Waals surface area contributed by atoms with Gasteiger partial charge in [0.15, 0.2) is 0 Å². The first kappa shape index (κ1) is 20.0. The molecule has 1 aliphatic carbocycles. The molecule has 1 aromatic carbocycles. The lowest BCUT2D eigenvalue weighted by molar-refractivity contribution is -0.123. The maximum atomic E-state index is 12.3. The van der Waals surface area contributed by atoms with Crippen LogP contribution >= 0.6 is 12.4 Å². The normalized spacial score (nSPS) is 21.6. The van der Waals surface area contributed by atoms with E-state index in [1.54, 1.807) is 0 Å². The quantitative estimate of drug-likeness (QED) is 0.810. The Morgan fingerprint density at radius 3 is 2.84 bits per heavy atom. The Morgan fingerprint density at radius 1 is 1.32 bits per heavy atom. The SMILES string of the molecule is C[C@H]1CNCCN1CC(=O)NCc1ccccc1OC1CCCC1.Cl. The van der Waals surface area contributed by atoms with Gasteiger partial charge in [-0.2, -0.15) is 0 Å². The number of ether oxygens (including phenoxy) is 1. The molecule has 1 amide bonds. The van der Waals surface area contributed by atoms with Crippen LogP contribution in [0, 0.1) is 0 Å². The highest BCUT2D eigenvalue weighted by Gasteiger charge is 2.21. The highest BCUT2D eigenvalue weighted by molar-refractivity contribution is 5.85. The minimum Gasteiger partial charge on any atom is -0.490 e. The van der Waals surface area contributed by atoms with E-state index < -0.39 is 0 Å². The third kappa shape index (κ3) is 5.87. The molecule has 0 spiro atoms. The fourth-order valence-corrected chi connectivity index (χ4v) is 3.50. The summed E-state index contributed by atoms with van der Waals surface area (Å²) in [5, 5.41) is 6.40. The molecule has 0 unspecified atom stereocenters. The predicted molar refractivity (Wildman–Crippen MR) is 102 cm³/mol. The largest absolute Gasteiger partial charge is 0.490 e. The number of nitrogens with one attached hydrogen (secondary N) is 2. The van der Waals surface area contributed by atoms with Crippen LogP contribution in [-0.4, -0.2) is 49.1 Å². The van der Waals surface area contributed by atoms with E-state index in [-0.39, 0.29) is 18.3 Å². The van der Waals surface area contributed by atoms with Gasteiger partial charge in [0.05, 0.1) is 12.6 Å². The standard InChI is InChI=1S/C19H29N3O2.ClH/c1-15-12-20-10-11-22(15)14-19(23)21-13-16-6-2-5-9-18(16)24-17-7-3-4-8-17;/h2,5-6,9,15,17,20H,3-4,7-8,10-14H2,1H3,(H,21,23);1H/t15-;/m0./s1. The molecule has 140 valence electrons. The number of hydrogen-bond donors (Lipinski definition) is 2. The van der Waals surface area contributed by atoms with Gasteiger partial charge in [-0.1, -0.05) is 18.2 Å². The Morgan fingerprint density at radius 2 is 2.08 bits per heavy atom. The molecule has 1 heterocycles. The van der Waals surface area contributed by atoms with Crippen LogP contribution in [0.5, 0.6) is 5.75 Å². The number of benzene rings is 1. The van der Waals surface area contributed by atoms with Crippen LogP contribution in [0.15, 0.2) is 24.3 Å². The topological polar surface area (TPSA) is 53.6 Å². The van der Waals surface area contributed by atoms with Crippen molar-refractivity contribution in [1.82, 2.24) is 15.5 Å². The lowest BCUT2D eigenvalue weighted by atomic mass is 10.2. The van der Waals surface area contributed by atoms with Crippen LogP contribution in [0.1, 0.15) is 38.2 Å². The van der Waals surface area contributed by atoms with Crippen molar-refractivity contribution < 1.29 is 9.53 Å². The Labute approximate surface area is 156 Å². The summed E-state index contributed by atoms with van der Waals surface area (Å²) in [6, 6.07) is 8.46. The second-order valence-electron chi connectivity index (χ2n) is 6.93. The summed E-state index contributed by atoms with van der Waals surface area (Å²) < 4.78 is 6.14. The van der Waals surface area contributed by atoms with Gasteiger partial charge in [0.25, 0.3) is 0 Å². The Balaban J connectivity index is 0.00000225. The molecule has 1 aromatic rings. The smallest absolute Gasteiger partial charge is 0.234 e. The molecule has 1 atom stereocenters. The highest BCUT2D eigenvalue weighted by atomic mass is 35.5. The van der Waals surface area contributed by atoms with Crippen molar-refractivity contribution in [2.24, 2.45) is 0 Å². The molecule has 6 heteroatoms. The zero-order valence-electron chi connectivity index (χ0n) is 15.0. The van der Waals surface area contributed by atoms with Gasteiger partial charge in [-0.15, -0.1) is 12.4 Å². The first-order chi connectivity index (χ1) is 11.7. The number of hydrogen-bond acceptors (Lipinski definition) is 4. The van der Waals surface area contributed by atoms with E-state index in [1.807, 2.05) is 24.3 Å². The van der Waals surface area contributed by atoms with Gasteiger partial charge in [0, 0.05) is 37.8 Å². The number of rotatable bonds is 6. The van der Waals surface area contributed by atoms with E-state index in [4.69, 9.17) is 4.74 Å². The molecule has 0 aromatic heterocycles. The lowest BCUT2D eigenvalue weighted by Gasteiger charge is -2.33. The molecule has 5 nitrogen and oxygen atoms in total. The average molecular weight is 368 g/mol. The van der Waals surface area contributed by atoms with Crippen molar-refractivity contribution >= 4 is 18.3 Å². The van der Waals surface area contributed by atoms with Crippen LogP contribution in [0.4, 0.5) is 0 Å². The number of piperazine rings is 1. The van der Waals surface area contributed by atoms with Crippen molar-refractivity contribution in [3.05, 3.63) is 29.8 Å². The zero-order valence-corrected chi connectivity index (χ0v) is 15.8. The molecule has 0 bridgehead atoms. The summed E-state index contributed by atoms with van der Waals surface area (Å²) in [5.74, 6) is 1.000. The molecule has 0 radical (unpaired) electrons. The molecule has 25 heavy (non-hydrogen) atoms. The Hall–Kier alpha value is -1.30. The third-order valence-corrected chi connectivity index (χ3v) is 5.03. The summed E-state index contributed by atoms with van der Waals surface area (Å²) in [6.45, 7) is 5.98. The highest BCUT2D eigenvalue weighted by Crippen LogP contribution is 2.26. The van der Waals surface area contributed by atoms with Crippen LogP contribution in [0.3, 0.4) is 0 Å². The summed E-state index contributed by atoms with van der Waals surface area (Å²) >= 11 is 0. The van der Waals surface area contributed by atoms with Crippen molar-refractivity contribution in [3.8, 4) is 5.75 Å². The van der Waals surface area contributed by atoms with E-state index in [9.17, 15) is 4.79 Å². The third-order valence-electron chi connectivity index (χ3n) is 5.03. The van der Waals surface area contributed by atoms with Gasteiger partial charge in [0.2, 0.25) is 5.91 Å². The zero-order chi connectivity index (χ0) is 16.8. The molecule has 3 rings (SSSR count). The van der Waals surface area contributed by atoms with Gasteiger partial charge >= 0.3 is 0 Å². The maximum absolute atomic E-state index is 12.3. The Bertz CT molecular complexity index is 549. The lowest BCUT2D eigenvalue weighted by Crippen LogP contribution is -2.52. The van der Waals surface area contributed by atoms with Gasteiger partial charge < -0.3 is 15.4 Å². The maximum Gasteiger partial charge on any atom is 0.234 e. The summed E-state index contributed by atoms with van der Waals surface area (Å²) in [6.07, 6.45) is 5.13. The number of para-hydroxylation sites is 1. The molecule has 1 saturated heterocycles. The average Bonchev–Trinajstić information content (AvgIpc) is 3.09. The van der Waals surface area contributed by atoms with Crippen molar-refractivity contribution in [1.29, 1.82) is 0 Å². The van der Waals surface area contributed by atoms with E-state index in [0.29, 0.717) is 25.2 Å². The number of amides is 1. The van der Waals surface area contributed by atoms with E-state index in [0.717, 1.165) is 43.8 Å². The molecule has 2 fully saturated rings. The number of carbonyl (C=O) groups is 1. The molecule has 2 aliphatic rings. The number of nitrogens with zero attached hydrogens (tertiary/aromatic N) is 1. The van der Waals surface area contributed by atoms with Gasteiger partial charge in [-0.3, -0.25) is 9.69 Å². The second-order valence-corrected chi connectivity index (χ2v) is 6.93. The summed E-state index contributed by atoms with van der Waals surface area (Å²) in [7, 11) is 0. The van der Waals surface area contributed by atoms with Crippen molar-refractivity contribution in [2.45, 2.75) is 51.3 Å². The molecular formula is C19H30ClN3O2. The van der Waals surface area contributed by atoms with E-state index in [1.165, 1.54) is 12.8 Å². The minimum atomic E-state index is 0. The monoisotopic (exact) mass is 367 g/mol. The first-order valence-corrected chi connectivity index (χ1v) is 9.18. The number of carbonyl (C=O) groups excluding carboxylic acids is 1. The minimum absolute atomic E-state index is 0. The van der Waals surface area contributed by atoms with Crippen LogP contribution in [0.2, 0.25) is 0 Å². The fraction of sp³-hybridized carbons (Fsp3) is 0.632. The molecule has 1 aliphatic heterocycles. The van der Waals surface area contributed by atoms with Crippen LogP contribution in [-0.2, 0) is 11.3 Å². The number of halogens is 1. The molecule has 1 saturated carbocycles. The van der Waals surface area contributed by atoms with Crippen molar-refractivity contribution in [2.75, 3.05) is 26.2 Å². The van der Waals surface area contributed by atoms with Crippen molar-refractivity contribution in [3.63, 3.8) is 0 Å². The van der Waals surface area contributed by atoms with Gasteiger partial charge in [-0.05, 0) is 38.7 Å². The fourth-order valence-electron chi connectivity index (χ4n) is 3.50. The van der Waals surface area contributed by atoms with Gasteiger partial charge in [-0.25, -0.2) is 0 Å². The summed E-state index contributed by atoms with van der Waals surface area (Å²) in [4.78, 5) is 14.5. The predicted octanol–water partition coefficient (Wildman–Crippen LogP) is 2.34. The van der Waals surface area contributed by atoms with E-state index in [2.05, 4.69) is 22.5 Å². The molecule has 2 N–H and O–H groups in total. The van der Waals surface area contributed by atoms with Crippen LogP contribution in [0.25, 0.3) is 0 Å².